The Labute approximate surface area is 162 Å². The van der Waals surface area contributed by atoms with Crippen molar-refractivity contribution in [2.45, 2.75) is 13.3 Å². The number of nitrogens with one attached hydrogen (secondary N) is 1. The van der Waals surface area contributed by atoms with E-state index in [0.29, 0.717) is 34.1 Å². The van der Waals surface area contributed by atoms with Crippen molar-refractivity contribution in [3.8, 4) is 5.69 Å². The molecule has 0 bridgehead atoms. The van der Waals surface area contributed by atoms with Gasteiger partial charge in [-0.2, -0.15) is 5.10 Å². The Hall–Kier alpha value is -3.12. The van der Waals surface area contributed by atoms with Gasteiger partial charge in [-0.3, -0.25) is 9.59 Å². The van der Waals surface area contributed by atoms with Gasteiger partial charge in [0.1, 0.15) is 0 Å². The van der Waals surface area contributed by atoms with Gasteiger partial charge in [0.2, 0.25) is 5.91 Å². The van der Waals surface area contributed by atoms with Crippen LogP contribution in [0.2, 0.25) is 5.02 Å². The number of anilines is 2. The van der Waals surface area contributed by atoms with Crippen LogP contribution in [0.4, 0.5) is 11.4 Å². The van der Waals surface area contributed by atoms with Crippen molar-refractivity contribution in [1.29, 1.82) is 0 Å². The van der Waals surface area contributed by atoms with Crippen LogP contribution in [-0.2, 0) is 4.79 Å². The second-order valence-corrected chi connectivity index (χ2v) is 6.31. The van der Waals surface area contributed by atoms with Crippen LogP contribution in [0.5, 0.6) is 0 Å². The normalized spacial score (nSPS) is 10.5. The maximum atomic E-state index is 12.8. The van der Waals surface area contributed by atoms with Gasteiger partial charge in [-0.05, 0) is 24.3 Å². The van der Waals surface area contributed by atoms with Gasteiger partial charge < -0.3 is 10.2 Å². The Morgan fingerprint density at radius 2 is 1.85 bits per heavy atom. The Kier molecular flexibility index (Phi) is 5.57. The van der Waals surface area contributed by atoms with E-state index in [1.165, 1.54) is 4.90 Å². The maximum absolute atomic E-state index is 12.8. The predicted molar refractivity (Wildman–Crippen MR) is 107 cm³/mol. The molecule has 0 aliphatic heterocycles. The molecule has 1 aromatic heterocycles. The molecule has 27 heavy (non-hydrogen) atoms. The number of para-hydroxylation sites is 2. The molecule has 2 aromatic carbocycles. The third-order valence-electron chi connectivity index (χ3n) is 4.13. The number of nitrogens with zero attached hydrogens (tertiary/aromatic N) is 3. The minimum absolute atomic E-state index is 0.0678. The van der Waals surface area contributed by atoms with Gasteiger partial charge in [-0.25, -0.2) is 4.68 Å². The number of halogens is 1. The number of carbonyl (C=O) groups excluding carboxylic acids is 2. The first-order valence-electron chi connectivity index (χ1n) is 8.47. The van der Waals surface area contributed by atoms with Crippen LogP contribution in [0.25, 0.3) is 5.69 Å². The van der Waals surface area contributed by atoms with Gasteiger partial charge in [-0.1, -0.05) is 42.8 Å². The van der Waals surface area contributed by atoms with Crippen molar-refractivity contribution in [3.05, 3.63) is 71.5 Å². The first-order chi connectivity index (χ1) is 13.0. The number of rotatable bonds is 5. The third-order valence-corrected chi connectivity index (χ3v) is 4.45. The van der Waals surface area contributed by atoms with E-state index < -0.39 is 0 Å². The van der Waals surface area contributed by atoms with Crippen molar-refractivity contribution >= 4 is 34.8 Å². The topological polar surface area (TPSA) is 67.2 Å². The molecule has 3 rings (SSSR count). The first kappa shape index (κ1) is 18.7. The summed E-state index contributed by atoms with van der Waals surface area (Å²) < 4.78 is 1.59. The van der Waals surface area contributed by atoms with Crippen LogP contribution >= 0.6 is 11.6 Å². The molecule has 7 heteroatoms. The number of benzene rings is 2. The van der Waals surface area contributed by atoms with Crippen molar-refractivity contribution in [2.24, 2.45) is 0 Å². The summed E-state index contributed by atoms with van der Waals surface area (Å²) in [5.41, 5.74) is 2.21. The molecule has 1 heterocycles. The molecule has 0 radical (unpaired) electrons. The number of hydrogen-bond donors (Lipinski definition) is 1. The van der Waals surface area contributed by atoms with E-state index in [1.54, 1.807) is 61.4 Å². The number of aromatic nitrogens is 2. The molecule has 0 saturated carbocycles. The summed E-state index contributed by atoms with van der Waals surface area (Å²) in [5.74, 6) is -0.387. The van der Waals surface area contributed by atoms with E-state index in [9.17, 15) is 9.59 Å². The molecule has 0 spiro atoms. The average Bonchev–Trinajstić information content (AvgIpc) is 3.15. The molecule has 0 aliphatic rings. The highest BCUT2D eigenvalue weighted by Gasteiger charge is 2.18. The molecule has 0 fully saturated rings. The van der Waals surface area contributed by atoms with Gasteiger partial charge in [0.15, 0.2) is 0 Å². The Morgan fingerprint density at radius 1 is 1.15 bits per heavy atom. The lowest BCUT2D eigenvalue weighted by atomic mass is 10.1. The zero-order valence-electron chi connectivity index (χ0n) is 15.0. The fraction of sp³-hybridized carbons (Fsp3) is 0.150. The van der Waals surface area contributed by atoms with E-state index in [4.69, 9.17) is 11.6 Å². The number of carbonyl (C=O) groups is 2. The molecular weight excluding hydrogens is 364 g/mol. The second-order valence-electron chi connectivity index (χ2n) is 5.90. The van der Waals surface area contributed by atoms with Gasteiger partial charge in [0, 0.05) is 13.5 Å². The van der Waals surface area contributed by atoms with Gasteiger partial charge in [-0.15, -0.1) is 0 Å². The quantitative estimate of drug-likeness (QED) is 0.720. The van der Waals surface area contributed by atoms with E-state index in [1.807, 2.05) is 18.2 Å². The van der Waals surface area contributed by atoms with Gasteiger partial charge >= 0.3 is 0 Å². The minimum Gasteiger partial charge on any atom is -0.319 e. The molecule has 1 N–H and O–H groups in total. The summed E-state index contributed by atoms with van der Waals surface area (Å²) in [6.07, 6.45) is 3.59. The highest BCUT2D eigenvalue weighted by molar-refractivity contribution is 6.32. The number of hydrogen-bond acceptors (Lipinski definition) is 3. The zero-order chi connectivity index (χ0) is 19.4. The summed E-state index contributed by atoms with van der Waals surface area (Å²) in [7, 11) is 1.66. The van der Waals surface area contributed by atoms with E-state index in [-0.39, 0.29) is 11.8 Å². The molecule has 3 aromatic rings. The van der Waals surface area contributed by atoms with E-state index in [0.717, 1.165) is 0 Å². The zero-order valence-corrected chi connectivity index (χ0v) is 15.8. The third kappa shape index (κ3) is 4.01. The van der Waals surface area contributed by atoms with Crippen molar-refractivity contribution < 1.29 is 9.59 Å². The molecular formula is C20H19ClN4O2. The fourth-order valence-electron chi connectivity index (χ4n) is 2.68. The lowest BCUT2D eigenvalue weighted by Gasteiger charge is -2.19. The fourth-order valence-corrected chi connectivity index (χ4v) is 2.91. The minimum atomic E-state index is -0.319. The van der Waals surface area contributed by atoms with Crippen LogP contribution < -0.4 is 10.2 Å². The summed E-state index contributed by atoms with van der Waals surface area (Å²) >= 11 is 6.18. The molecule has 0 saturated heterocycles. The summed E-state index contributed by atoms with van der Waals surface area (Å²) in [5, 5.41) is 7.62. The standard InChI is InChI=1S/C20H19ClN4O2/c1-3-19(26)24(2)17-10-6-4-8-15(17)20(27)23-14-12-22-25(13-14)18-11-7-5-9-16(18)21/h4-13H,3H2,1-2H3,(H,23,27). The lowest BCUT2D eigenvalue weighted by Crippen LogP contribution is -2.27. The van der Waals surface area contributed by atoms with Gasteiger partial charge in [0.05, 0.1) is 40.0 Å². The Morgan fingerprint density at radius 3 is 2.59 bits per heavy atom. The monoisotopic (exact) mass is 382 g/mol. The predicted octanol–water partition coefficient (Wildman–Crippen LogP) is 4.15. The molecule has 0 aliphatic carbocycles. The van der Waals surface area contributed by atoms with Gasteiger partial charge in [0.25, 0.3) is 5.91 Å². The molecule has 2 amide bonds. The van der Waals surface area contributed by atoms with Crippen molar-refractivity contribution in [1.82, 2.24) is 9.78 Å². The van der Waals surface area contributed by atoms with Crippen LogP contribution in [0.1, 0.15) is 23.7 Å². The van der Waals surface area contributed by atoms with E-state index >= 15 is 0 Å². The van der Waals surface area contributed by atoms with Crippen LogP contribution in [0.3, 0.4) is 0 Å². The Bertz CT molecular complexity index is 983. The van der Waals surface area contributed by atoms with Crippen LogP contribution in [0.15, 0.2) is 60.9 Å². The summed E-state index contributed by atoms with van der Waals surface area (Å²) in [6.45, 7) is 1.78. The Balaban J connectivity index is 1.83. The lowest BCUT2D eigenvalue weighted by molar-refractivity contribution is -0.118. The average molecular weight is 383 g/mol. The van der Waals surface area contributed by atoms with Crippen LogP contribution in [-0.4, -0.2) is 28.6 Å². The summed E-state index contributed by atoms with van der Waals surface area (Å²) in [4.78, 5) is 26.2. The van der Waals surface area contributed by atoms with Crippen molar-refractivity contribution in [3.63, 3.8) is 0 Å². The molecule has 0 atom stereocenters. The molecule has 138 valence electrons. The number of amides is 2. The summed E-state index contributed by atoms with van der Waals surface area (Å²) in [6, 6.07) is 14.3. The molecule has 0 unspecified atom stereocenters. The molecule has 6 nitrogen and oxygen atoms in total. The van der Waals surface area contributed by atoms with Crippen molar-refractivity contribution in [2.75, 3.05) is 17.3 Å². The SMILES string of the molecule is CCC(=O)N(C)c1ccccc1C(=O)Nc1cnn(-c2ccccc2Cl)c1. The highest BCUT2D eigenvalue weighted by atomic mass is 35.5. The smallest absolute Gasteiger partial charge is 0.257 e. The second kappa shape index (κ2) is 8.05. The highest BCUT2D eigenvalue weighted by Crippen LogP contribution is 2.23. The largest absolute Gasteiger partial charge is 0.319 e. The first-order valence-corrected chi connectivity index (χ1v) is 8.85. The maximum Gasteiger partial charge on any atom is 0.257 e. The van der Waals surface area contributed by atoms with Crippen LogP contribution in [0, 0.1) is 0 Å². The van der Waals surface area contributed by atoms with E-state index in [2.05, 4.69) is 10.4 Å².